The fourth-order valence-corrected chi connectivity index (χ4v) is 1.29. The van der Waals surface area contributed by atoms with Crippen molar-refractivity contribution in [1.82, 2.24) is 10.2 Å². The smallest absolute Gasteiger partial charge is 0.185 e. The number of ketones is 1. The average molecular weight is 223 g/mol. The van der Waals surface area contributed by atoms with Gasteiger partial charge >= 0.3 is 0 Å². The van der Waals surface area contributed by atoms with E-state index in [1.54, 1.807) is 6.07 Å². The second kappa shape index (κ2) is 3.92. The van der Waals surface area contributed by atoms with Crippen molar-refractivity contribution in [2.24, 2.45) is 5.41 Å². The van der Waals surface area contributed by atoms with Crippen LogP contribution in [0.3, 0.4) is 0 Å². The molecule has 2 N–H and O–H groups in total. The summed E-state index contributed by atoms with van der Waals surface area (Å²) in [7, 11) is 0. The quantitative estimate of drug-likeness (QED) is 0.758. The molecule has 0 radical (unpaired) electrons. The summed E-state index contributed by atoms with van der Waals surface area (Å²) in [5.41, 5.74) is 0.113. The summed E-state index contributed by atoms with van der Waals surface area (Å²) in [5, 5.41) is 10.1. The summed E-state index contributed by atoms with van der Waals surface area (Å²) >= 11 is 0. The van der Waals surface area contributed by atoms with Crippen LogP contribution in [0.25, 0.3) is 0 Å². The first-order valence-corrected chi connectivity index (χ1v) is 5.48. The van der Waals surface area contributed by atoms with E-state index in [2.05, 4.69) is 15.5 Å². The van der Waals surface area contributed by atoms with Gasteiger partial charge in [0.25, 0.3) is 0 Å². The number of carbonyl (C=O) groups excluding carboxylic acids is 1. The van der Waals surface area contributed by atoms with Gasteiger partial charge < -0.3 is 5.32 Å². The monoisotopic (exact) mass is 223 g/mol. The van der Waals surface area contributed by atoms with Crippen LogP contribution in [0.5, 0.6) is 0 Å². The summed E-state index contributed by atoms with van der Waals surface area (Å²) in [6, 6.07) is 1.76. The first-order valence-electron chi connectivity index (χ1n) is 5.48. The van der Waals surface area contributed by atoms with Crippen molar-refractivity contribution in [1.29, 1.82) is 0 Å². The second-order valence-corrected chi connectivity index (χ2v) is 6.12. The van der Waals surface area contributed by atoms with Gasteiger partial charge in [0.2, 0.25) is 0 Å². The molecule has 0 saturated heterocycles. The molecule has 0 atom stereocenters. The lowest BCUT2D eigenvalue weighted by Gasteiger charge is -2.19. The number of hydrogen-bond acceptors (Lipinski definition) is 3. The number of H-pyrrole nitrogens is 1. The highest BCUT2D eigenvalue weighted by molar-refractivity contribution is 5.98. The van der Waals surface area contributed by atoms with Crippen LogP contribution in [-0.2, 0) is 0 Å². The molecule has 0 unspecified atom stereocenters. The summed E-state index contributed by atoms with van der Waals surface area (Å²) in [6.07, 6.45) is 0. The van der Waals surface area contributed by atoms with Gasteiger partial charge in [-0.3, -0.25) is 9.89 Å². The van der Waals surface area contributed by atoms with E-state index >= 15 is 0 Å². The maximum atomic E-state index is 11.9. The van der Waals surface area contributed by atoms with Crippen molar-refractivity contribution in [3.05, 3.63) is 11.8 Å². The molecule has 4 heteroatoms. The van der Waals surface area contributed by atoms with Gasteiger partial charge in [-0.15, -0.1) is 0 Å². The first-order chi connectivity index (χ1) is 7.09. The minimum absolute atomic E-state index is 0.0583. The molecule has 90 valence electrons. The number of hydrogen-bond donors (Lipinski definition) is 2. The molecular formula is C12H21N3O. The van der Waals surface area contributed by atoms with Gasteiger partial charge in [0.15, 0.2) is 5.78 Å². The molecule has 0 aromatic carbocycles. The highest BCUT2D eigenvalue weighted by Gasteiger charge is 2.25. The van der Waals surface area contributed by atoms with E-state index in [9.17, 15) is 4.79 Å². The van der Waals surface area contributed by atoms with Crippen LogP contribution in [0.4, 0.5) is 5.82 Å². The van der Waals surface area contributed by atoms with E-state index in [-0.39, 0.29) is 16.7 Å². The molecule has 0 aliphatic heterocycles. The molecule has 0 amide bonds. The number of aromatic nitrogens is 2. The summed E-state index contributed by atoms with van der Waals surface area (Å²) in [6.45, 7) is 11.8. The third-order valence-corrected chi connectivity index (χ3v) is 2.01. The Bertz CT molecular complexity index is 380. The highest BCUT2D eigenvalue weighted by atomic mass is 16.1. The fraction of sp³-hybridized carbons (Fsp3) is 0.667. The minimum Gasteiger partial charge on any atom is -0.364 e. The van der Waals surface area contributed by atoms with E-state index in [4.69, 9.17) is 0 Å². The summed E-state index contributed by atoms with van der Waals surface area (Å²) in [4.78, 5) is 11.9. The molecule has 16 heavy (non-hydrogen) atoms. The SMILES string of the molecule is CC(C)(C)Nc1cc(C(=O)C(C)(C)C)[nH]n1. The van der Waals surface area contributed by atoms with Gasteiger partial charge in [-0.1, -0.05) is 20.8 Å². The molecule has 0 bridgehead atoms. The number of aromatic amines is 1. The number of nitrogens with one attached hydrogen (secondary N) is 2. The number of Topliss-reactive ketones (excluding diaryl/α,β-unsaturated/α-hetero) is 1. The normalized spacial score (nSPS) is 12.6. The molecule has 0 aliphatic rings. The number of nitrogens with zero attached hydrogens (tertiary/aromatic N) is 1. The number of rotatable bonds is 2. The minimum atomic E-state index is -0.383. The lowest BCUT2D eigenvalue weighted by Crippen LogP contribution is -2.26. The topological polar surface area (TPSA) is 57.8 Å². The van der Waals surface area contributed by atoms with E-state index in [1.165, 1.54) is 0 Å². The van der Waals surface area contributed by atoms with E-state index in [0.717, 1.165) is 0 Å². The van der Waals surface area contributed by atoms with Crippen LogP contribution < -0.4 is 5.32 Å². The van der Waals surface area contributed by atoms with Gasteiger partial charge in [-0.05, 0) is 20.8 Å². The van der Waals surface area contributed by atoms with Crippen LogP contribution in [0.1, 0.15) is 52.0 Å². The first kappa shape index (κ1) is 12.7. The summed E-state index contributed by atoms with van der Waals surface area (Å²) < 4.78 is 0. The molecule has 0 fully saturated rings. The average Bonchev–Trinajstić information content (AvgIpc) is 2.46. The highest BCUT2D eigenvalue weighted by Crippen LogP contribution is 2.21. The Hall–Kier alpha value is -1.32. The van der Waals surface area contributed by atoms with E-state index in [0.29, 0.717) is 11.5 Å². The van der Waals surface area contributed by atoms with Crippen LogP contribution in [0.15, 0.2) is 6.07 Å². The molecule has 1 aromatic heterocycles. The van der Waals surface area contributed by atoms with E-state index in [1.807, 2.05) is 41.5 Å². The maximum absolute atomic E-state index is 11.9. The van der Waals surface area contributed by atoms with Gasteiger partial charge in [0, 0.05) is 17.0 Å². The van der Waals surface area contributed by atoms with Crippen molar-refractivity contribution >= 4 is 11.6 Å². The lowest BCUT2D eigenvalue weighted by molar-refractivity contribution is 0.0853. The Labute approximate surface area is 96.8 Å². The molecule has 0 spiro atoms. The van der Waals surface area contributed by atoms with Gasteiger partial charge in [0.1, 0.15) is 11.5 Å². The van der Waals surface area contributed by atoms with Crippen molar-refractivity contribution in [3.63, 3.8) is 0 Å². The standard InChI is InChI=1S/C12H21N3O/c1-11(2,3)10(16)8-7-9(15-14-8)13-12(4,5)6/h7H,1-6H3,(H2,13,14,15). The van der Waals surface area contributed by atoms with Crippen molar-refractivity contribution < 1.29 is 4.79 Å². The van der Waals surface area contributed by atoms with Crippen molar-refractivity contribution in [2.75, 3.05) is 5.32 Å². The Balaban J connectivity index is 2.84. The number of carbonyl (C=O) groups is 1. The molecular weight excluding hydrogens is 202 g/mol. The molecule has 0 aliphatic carbocycles. The third-order valence-electron chi connectivity index (χ3n) is 2.01. The lowest BCUT2D eigenvalue weighted by atomic mass is 9.89. The Morgan fingerprint density at radius 3 is 2.25 bits per heavy atom. The molecule has 0 saturated carbocycles. The Kier molecular flexibility index (Phi) is 3.13. The number of anilines is 1. The van der Waals surface area contributed by atoms with Crippen LogP contribution in [0, 0.1) is 5.41 Å². The van der Waals surface area contributed by atoms with Gasteiger partial charge in [0.05, 0.1) is 0 Å². The van der Waals surface area contributed by atoms with E-state index < -0.39 is 0 Å². The molecule has 1 aromatic rings. The Morgan fingerprint density at radius 1 is 1.25 bits per heavy atom. The third kappa shape index (κ3) is 3.36. The second-order valence-electron chi connectivity index (χ2n) is 6.12. The van der Waals surface area contributed by atoms with Crippen LogP contribution >= 0.6 is 0 Å². The predicted molar refractivity (Wildman–Crippen MR) is 65.7 cm³/mol. The Morgan fingerprint density at radius 2 is 1.81 bits per heavy atom. The van der Waals surface area contributed by atoms with Crippen LogP contribution in [0.2, 0.25) is 0 Å². The maximum Gasteiger partial charge on any atom is 0.185 e. The zero-order chi connectivity index (χ0) is 12.6. The zero-order valence-corrected chi connectivity index (χ0v) is 10.9. The van der Waals surface area contributed by atoms with Crippen LogP contribution in [-0.4, -0.2) is 21.5 Å². The fourth-order valence-electron chi connectivity index (χ4n) is 1.29. The van der Waals surface area contributed by atoms with Gasteiger partial charge in [-0.25, -0.2) is 0 Å². The molecule has 4 nitrogen and oxygen atoms in total. The largest absolute Gasteiger partial charge is 0.364 e. The van der Waals surface area contributed by atoms with Crippen molar-refractivity contribution in [3.8, 4) is 0 Å². The predicted octanol–water partition coefficient (Wildman–Crippen LogP) is 2.85. The summed E-state index contributed by atoms with van der Waals surface area (Å²) in [5.74, 6) is 0.780. The zero-order valence-electron chi connectivity index (χ0n) is 10.9. The molecule has 1 rings (SSSR count). The van der Waals surface area contributed by atoms with Crippen molar-refractivity contribution in [2.45, 2.75) is 47.1 Å². The van der Waals surface area contributed by atoms with Gasteiger partial charge in [-0.2, -0.15) is 5.10 Å². The molecule has 1 heterocycles.